The number of hydrogen-bond donors (Lipinski definition) is 2. The van der Waals surface area contributed by atoms with Crippen LogP contribution in [0.15, 0.2) is 11.6 Å². The van der Waals surface area contributed by atoms with Crippen LogP contribution in [0.3, 0.4) is 0 Å². The van der Waals surface area contributed by atoms with E-state index in [9.17, 15) is 9.59 Å². The Labute approximate surface area is 75.6 Å². The Kier molecular flexibility index (Phi) is 3.62. The van der Waals surface area contributed by atoms with Crippen molar-refractivity contribution in [2.24, 2.45) is 5.41 Å². The molecule has 0 aromatic rings. The van der Waals surface area contributed by atoms with Gasteiger partial charge in [-0.15, -0.1) is 0 Å². The summed E-state index contributed by atoms with van der Waals surface area (Å²) < 4.78 is 0. The molecule has 0 unspecified atom stereocenters. The van der Waals surface area contributed by atoms with Gasteiger partial charge < -0.3 is 5.11 Å². The molecule has 0 saturated heterocycles. The highest BCUT2D eigenvalue weighted by Crippen LogP contribution is 2.25. The molecule has 5 heteroatoms. The Bertz CT molecular complexity index is 246. The molecule has 0 saturated carbocycles. The molecular formula is C8H12O5. The molecule has 0 aromatic carbocycles. The van der Waals surface area contributed by atoms with Crippen molar-refractivity contribution in [2.75, 3.05) is 0 Å². The number of carbonyl (C=O) groups excluding carboxylic acids is 1. The fourth-order valence-corrected chi connectivity index (χ4v) is 0.743. The van der Waals surface area contributed by atoms with Gasteiger partial charge in [-0.25, -0.2) is 9.59 Å². The van der Waals surface area contributed by atoms with Crippen LogP contribution < -0.4 is 0 Å². The molecule has 0 rings (SSSR count). The third kappa shape index (κ3) is 3.71. The third-order valence-electron chi connectivity index (χ3n) is 1.39. The minimum absolute atomic E-state index is 0.119. The van der Waals surface area contributed by atoms with Crippen LogP contribution in [-0.4, -0.2) is 22.3 Å². The van der Waals surface area contributed by atoms with Gasteiger partial charge in [-0.3, -0.25) is 4.89 Å². The van der Waals surface area contributed by atoms with E-state index in [0.29, 0.717) is 0 Å². The number of carboxylic acids is 1. The molecule has 5 nitrogen and oxygen atoms in total. The number of hydrogen-bond acceptors (Lipinski definition) is 4. The van der Waals surface area contributed by atoms with Gasteiger partial charge in [-0.05, 0) is 5.41 Å². The van der Waals surface area contributed by atoms with E-state index in [-0.39, 0.29) is 5.57 Å². The predicted octanol–water partition coefficient (Wildman–Crippen LogP) is 1.06. The summed E-state index contributed by atoms with van der Waals surface area (Å²) in [5.74, 6) is -2.30. The Morgan fingerprint density at radius 2 is 1.77 bits per heavy atom. The minimum Gasteiger partial charge on any atom is -0.478 e. The lowest BCUT2D eigenvalue weighted by Crippen LogP contribution is -2.19. The molecule has 0 aromatic heterocycles. The molecule has 2 N–H and O–H groups in total. The lowest BCUT2D eigenvalue weighted by Gasteiger charge is -2.18. The summed E-state index contributed by atoms with van der Waals surface area (Å²) in [4.78, 5) is 24.5. The Morgan fingerprint density at radius 1 is 1.31 bits per heavy atom. The molecule has 0 radical (unpaired) electrons. The van der Waals surface area contributed by atoms with E-state index in [1.165, 1.54) is 0 Å². The van der Waals surface area contributed by atoms with Gasteiger partial charge in [0.05, 0.1) is 0 Å². The average Bonchev–Trinajstić information content (AvgIpc) is 1.96. The third-order valence-corrected chi connectivity index (χ3v) is 1.39. The molecule has 0 atom stereocenters. The summed E-state index contributed by atoms with van der Waals surface area (Å²) in [5, 5.41) is 16.6. The second-order valence-corrected chi connectivity index (χ2v) is 3.52. The lowest BCUT2D eigenvalue weighted by molar-refractivity contribution is -0.228. The second kappa shape index (κ2) is 4.04. The van der Waals surface area contributed by atoms with Crippen molar-refractivity contribution in [1.29, 1.82) is 0 Å². The standard InChI is InChI=1S/C8H12O5/c1-8(2,3)5(7(10)11)4-6(9)13-12/h4,12H,1-3H3,(H,10,11)/b5-4+. The molecule has 74 valence electrons. The van der Waals surface area contributed by atoms with Gasteiger partial charge in [-0.2, -0.15) is 5.26 Å². The van der Waals surface area contributed by atoms with Crippen LogP contribution in [0.5, 0.6) is 0 Å². The van der Waals surface area contributed by atoms with Crippen molar-refractivity contribution >= 4 is 11.9 Å². The van der Waals surface area contributed by atoms with Crippen LogP contribution in [0.2, 0.25) is 0 Å². The van der Waals surface area contributed by atoms with E-state index in [1.54, 1.807) is 20.8 Å². The van der Waals surface area contributed by atoms with E-state index < -0.39 is 17.4 Å². The maximum Gasteiger partial charge on any atom is 0.366 e. The zero-order valence-electron chi connectivity index (χ0n) is 7.70. The SMILES string of the molecule is CC(C)(C)/C(=C/C(=O)OO)C(=O)O. The normalized spacial score (nSPS) is 12.5. The van der Waals surface area contributed by atoms with Gasteiger partial charge >= 0.3 is 11.9 Å². The molecule has 0 amide bonds. The quantitative estimate of drug-likeness (QED) is 0.384. The molecule has 0 fully saturated rings. The first-order valence-electron chi connectivity index (χ1n) is 3.60. The Morgan fingerprint density at radius 3 is 2.00 bits per heavy atom. The smallest absolute Gasteiger partial charge is 0.366 e. The van der Waals surface area contributed by atoms with Gasteiger partial charge in [-0.1, -0.05) is 20.8 Å². The summed E-state index contributed by atoms with van der Waals surface area (Å²) in [6.07, 6.45) is 0.752. The second-order valence-electron chi connectivity index (χ2n) is 3.52. The van der Waals surface area contributed by atoms with Crippen LogP contribution in [0, 0.1) is 5.41 Å². The topological polar surface area (TPSA) is 83.8 Å². The van der Waals surface area contributed by atoms with Gasteiger partial charge in [0.1, 0.15) is 0 Å². The molecule has 0 aliphatic carbocycles. The molecule has 0 aliphatic rings. The van der Waals surface area contributed by atoms with Crippen LogP contribution in [0.4, 0.5) is 0 Å². The number of carboxylic acid groups (broad SMARTS) is 1. The predicted molar refractivity (Wildman–Crippen MR) is 43.9 cm³/mol. The highest BCUT2D eigenvalue weighted by molar-refractivity contribution is 5.96. The minimum atomic E-state index is -1.21. The van der Waals surface area contributed by atoms with Crippen LogP contribution in [0.25, 0.3) is 0 Å². The lowest BCUT2D eigenvalue weighted by atomic mass is 9.86. The monoisotopic (exact) mass is 188 g/mol. The first-order valence-corrected chi connectivity index (χ1v) is 3.60. The fourth-order valence-electron chi connectivity index (χ4n) is 0.743. The van der Waals surface area contributed by atoms with E-state index in [0.717, 1.165) is 6.08 Å². The van der Waals surface area contributed by atoms with Crippen molar-refractivity contribution < 1.29 is 24.8 Å². The van der Waals surface area contributed by atoms with Gasteiger partial charge in [0, 0.05) is 11.6 Å². The Balaban J connectivity index is 4.93. The van der Waals surface area contributed by atoms with Crippen molar-refractivity contribution in [3.8, 4) is 0 Å². The zero-order chi connectivity index (χ0) is 10.6. The molecule has 0 heterocycles. The average molecular weight is 188 g/mol. The summed E-state index contributed by atoms with van der Waals surface area (Å²) in [6, 6.07) is 0. The number of rotatable bonds is 2. The fraction of sp³-hybridized carbons (Fsp3) is 0.500. The van der Waals surface area contributed by atoms with Crippen molar-refractivity contribution in [3.63, 3.8) is 0 Å². The highest BCUT2D eigenvalue weighted by Gasteiger charge is 2.24. The first-order chi connectivity index (χ1) is 5.79. The summed E-state index contributed by atoms with van der Waals surface area (Å²) in [6.45, 7) is 4.91. The molecule has 0 spiro atoms. The zero-order valence-corrected chi connectivity index (χ0v) is 7.70. The molecule has 0 aliphatic heterocycles. The molecule has 13 heavy (non-hydrogen) atoms. The van der Waals surface area contributed by atoms with E-state index in [2.05, 4.69) is 4.89 Å². The molecule has 0 bridgehead atoms. The number of aliphatic carboxylic acids is 1. The maximum atomic E-state index is 10.6. The van der Waals surface area contributed by atoms with Gasteiger partial charge in [0.25, 0.3) is 0 Å². The number of carbonyl (C=O) groups is 2. The van der Waals surface area contributed by atoms with Crippen molar-refractivity contribution in [2.45, 2.75) is 20.8 Å². The van der Waals surface area contributed by atoms with Crippen LogP contribution >= 0.6 is 0 Å². The summed E-state index contributed by atoms with van der Waals surface area (Å²) in [5.41, 5.74) is -0.799. The summed E-state index contributed by atoms with van der Waals surface area (Å²) >= 11 is 0. The van der Waals surface area contributed by atoms with Gasteiger partial charge in [0.15, 0.2) is 0 Å². The van der Waals surface area contributed by atoms with E-state index in [1.807, 2.05) is 0 Å². The van der Waals surface area contributed by atoms with E-state index >= 15 is 0 Å². The maximum absolute atomic E-state index is 10.6. The van der Waals surface area contributed by atoms with Crippen molar-refractivity contribution in [1.82, 2.24) is 0 Å². The summed E-state index contributed by atoms with van der Waals surface area (Å²) in [7, 11) is 0. The largest absolute Gasteiger partial charge is 0.478 e. The Hall–Kier alpha value is -1.36. The van der Waals surface area contributed by atoms with Crippen LogP contribution in [-0.2, 0) is 14.5 Å². The van der Waals surface area contributed by atoms with Gasteiger partial charge in [0.2, 0.25) is 0 Å². The molecular weight excluding hydrogens is 176 g/mol. The highest BCUT2D eigenvalue weighted by atomic mass is 17.1. The first kappa shape index (κ1) is 11.6. The van der Waals surface area contributed by atoms with E-state index in [4.69, 9.17) is 10.4 Å². The van der Waals surface area contributed by atoms with Crippen molar-refractivity contribution in [3.05, 3.63) is 11.6 Å². The van der Waals surface area contributed by atoms with Crippen LogP contribution in [0.1, 0.15) is 20.8 Å².